The Balaban J connectivity index is 1.48. The Morgan fingerprint density at radius 2 is 1.61 bits per heavy atom. The number of nitrogens with zero attached hydrogens (tertiary/aromatic N) is 1. The van der Waals surface area contributed by atoms with Crippen molar-refractivity contribution in [2.75, 3.05) is 0 Å². The van der Waals surface area contributed by atoms with Crippen LogP contribution in [-0.2, 0) is 22.4 Å². The monoisotopic (exact) mass is 440 g/mol. The zero-order chi connectivity index (χ0) is 23.0. The van der Waals surface area contributed by atoms with Crippen LogP contribution in [0.4, 0.5) is 0 Å². The van der Waals surface area contributed by atoms with Gasteiger partial charge in [0.1, 0.15) is 11.8 Å². The summed E-state index contributed by atoms with van der Waals surface area (Å²) in [4.78, 5) is 29.0. The second kappa shape index (κ2) is 8.49. The van der Waals surface area contributed by atoms with Crippen molar-refractivity contribution in [3.63, 3.8) is 0 Å². The number of amides is 2. The molecule has 1 heterocycles. The number of fused-ring (bicyclic) bond motifs is 3. The molecule has 1 aliphatic carbocycles. The number of hydrogen-bond acceptors (Lipinski definition) is 3. The molecular weight excluding hydrogens is 412 g/mol. The second-order valence-corrected chi connectivity index (χ2v) is 9.24. The van der Waals surface area contributed by atoms with Crippen LogP contribution in [0.1, 0.15) is 46.9 Å². The highest BCUT2D eigenvalue weighted by atomic mass is 16.5. The Morgan fingerprint density at radius 3 is 2.33 bits per heavy atom. The Morgan fingerprint density at radius 1 is 0.970 bits per heavy atom. The number of carbonyl (C=O) groups excluding carboxylic acids is 2. The van der Waals surface area contributed by atoms with Gasteiger partial charge in [-0.15, -0.1) is 0 Å². The van der Waals surface area contributed by atoms with Crippen LogP contribution in [0.3, 0.4) is 0 Å². The highest BCUT2D eigenvalue weighted by Crippen LogP contribution is 2.48. The first-order valence-corrected chi connectivity index (χ1v) is 11.4. The molecule has 5 heteroatoms. The van der Waals surface area contributed by atoms with Crippen LogP contribution in [0.2, 0.25) is 0 Å². The first kappa shape index (κ1) is 21.4. The number of carbonyl (C=O) groups is 2. The number of nitrogens with one attached hydrogen (secondary N) is 1. The molecule has 1 saturated heterocycles. The first-order valence-electron chi connectivity index (χ1n) is 11.4. The SMILES string of the molecule is CC1(C)O[C@@H]2Cc3ccccc3[C@@H]2N1C(=O)[C@@H](Cc1ccccc1)NC(=O)c1ccccc1. The molecule has 0 bridgehead atoms. The fourth-order valence-corrected chi connectivity index (χ4v) is 5.16. The molecule has 168 valence electrons. The van der Waals surface area contributed by atoms with Crippen molar-refractivity contribution in [2.45, 2.75) is 50.6 Å². The zero-order valence-electron chi connectivity index (χ0n) is 18.9. The lowest BCUT2D eigenvalue weighted by molar-refractivity contribution is -0.149. The van der Waals surface area contributed by atoms with Gasteiger partial charge in [-0.1, -0.05) is 72.8 Å². The van der Waals surface area contributed by atoms with E-state index in [0.717, 1.165) is 17.5 Å². The van der Waals surface area contributed by atoms with E-state index in [-0.39, 0.29) is 24.0 Å². The van der Waals surface area contributed by atoms with Gasteiger partial charge in [0.25, 0.3) is 5.91 Å². The Kier molecular flexibility index (Phi) is 5.51. The summed E-state index contributed by atoms with van der Waals surface area (Å²) in [7, 11) is 0. The van der Waals surface area contributed by atoms with Crippen LogP contribution in [0, 0.1) is 0 Å². The summed E-state index contributed by atoms with van der Waals surface area (Å²) >= 11 is 0. The van der Waals surface area contributed by atoms with Gasteiger partial charge in [0.15, 0.2) is 0 Å². The Hall–Kier alpha value is -3.44. The van der Waals surface area contributed by atoms with E-state index in [9.17, 15) is 9.59 Å². The molecule has 0 spiro atoms. The van der Waals surface area contributed by atoms with Gasteiger partial charge in [0, 0.05) is 18.4 Å². The Bertz CT molecular complexity index is 1160. The molecule has 0 unspecified atom stereocenters. The van der Waals surface area contributed by atoms with Crippen molar-refractivity contribution in [1.29, 1.82) is 0 Å². The highest BCUT2D eigenvalue weighted by Gasteiger charge is 2.54. The minimum absolute atomic E-state index is 0.0800. The van der Waals surface area contributed by atoms with Crippen molar-refractivity contribution in [3.8, 4) is 0 Å². The van der Waals surface area contributed by atoms with Crippen LogP contribution in [0.25, 0.3) is 0 Å². The predicted molar refractivity (Wildman–Crippen MR) is 127 cm³/mol. The fraction of sp³-hybridized carbons (Fsp3) is 0.286. The molecule has 5 nitrogen and oxygen atoms in total. The van der Waals surface area contributed by atoms with E-state index >= 15 is 0 Å². The maximum atomic E-state index is 14.1. The lowest BCUT2D eigenvalue weighted by Gasteiger charge is -2.36. The summed E-state index contributed by atoms with van der Waals surface area (Å²) in [6, 6.07) is 26.2. The first-order chi connectivity index (χ1) is 15.9. The van der Waals surface area contributed by atoms with Gasteiger partial charge in [0.2, 0.25) is 5.91 Å². The Labute approximate surface area is 194 Å². The van der Waals surface area contributed by atoms with Crippen molar-refractivity contribution in [3.05, 3.63) is 107 Å². The normalized spacial score (nSPS) is 21.2. The van der Waals surface area contributed by atoms with E-state index < -0.39 is 11.8 Å². The number of benzene rings is 3. The molecule has 2 aliphatic rings. The van der Waals surface area contributed by atoms with E-state index in [4.69, 9.17) is 4.74 Å². The summed E-state index contributed by atoms with van der Waals surface area (Å²) in [5.41, 5.74) is 3.10. The van der Waals surface area contributed by atoms with Gasteiger partial charge in [0.05, 0.1) is 12.1 Å². The molecule has 5 rings (SSSR count). The van der Waals surface area contributed by atoms with Crippen molar-refractivity contribution in [2.24, 2.45) is 0 Å². The maximum Gasteiger partial charge on any atom is 0.251 e. The largest absolute Gasteiger partial charge is 0.350 e. The van der Waals surface area contributed by atoms with Crippen molar-refractivity contribution in [1.82, 2.24) is 10.2 Å². The minimum Gasteiger partial charge on any atom is -0.350 e. The lowest BCUT2D eigenvalue weighted by Crippen LogP contribution is -2.54. The van der Waals surface area contributed by atoms with Crippen LogP contribution in [0.5, 0.6) is 0 Å². The predicted octanol–water partition coefficient (Wildman–Crippen LogP) is 4.29. The second-order valence-electron chi connectivity index (χ2n) is 9.24. The molecule has 1 aliphatic heterocycles. The molecule has 3 aromatic carbocycles. The quantitative estimate of drug-likeness (QED) is 0.644. The zero-order valence-corrected chi connectivity index (χ0v) is 18.9. The van der Waals surface area contributed by atoms with E-state index in [1.54, 1.807) is 12.1 Å². The summed E-state index contributed by atoms with van der Waals surface area (Å²) in [6.45, 7) is 3.87. The van der Waals surface area contributed by atoms with E-state index in [1.165, 1.54) is 5.56 Å². The van der Waals surface area contributed by atoms with Gasteiger partial charge in [-0.05, 0) is 42.7 Å². The van der Waals surface area contributed by atoms with Crippen LogP contribution < -0.4 is 5.32 Å². The average Bonchev–Trinajstić information content (AvgIpc) is 3.29. The van der Waals surface area contributed by atoms with Gasteiger partial charge in [-0.3, -0.25) is 9.59 Å². The lowest BCUT2D eigenvalue weighted by atomic mass is 10.00. The number of hydrogen-bond donors (Lipinski definition) is 1. The molecule has 3 atom stereocenters. The smallest absolute Gasteiger partial charge is 0.251 e. The third kappa shape index (κ3) is 4.05. The standard InChI is InChI=1S/C28H28N2O3/c1-28(2)30(25-22-16-10-9-15-21(22)18-24(25)33-28)27(32)23(17-19-11-5-3-6-12-19)29-26(31)20-13-7-4-8-14-20/h3-16,23-25H,17-18H2,1-2H3,(H,29,31)/t23-,24-,25+/m1/s1. The molecular formula is C28H28N2O3. The molecule has 0 aromatic heterocycles. The van der Waals surface area contributed by atoms with Crippen LogP contribution in [0.15, 0.2) is 84.9 Å². The van der Waals surface area contributed by atoms with Gasteiger partial charge in [-0.2, -0.15) is 0 Å². The van der Waals surface area contributed by atoms with E-state index in [2.05, 4.69) is 17.4 Å². The third-order valence-corrected chi connectivity index (χ3v) is 6.60. The average molecular weight is 441 g/mol. The maximum absolute atomic E-state index is 14.1. The summed E-state index contributed by atoms with van der Waals surface area (Å²) in [5, 5.41) is 3.01. The molecule has 0 radical (unpaired) electrons. The van der Waals surface area contributed by atoms with Gasteiger partial charge < -0.3 is 15.0 Å². The summed E-state index contributed by atoms with van der Waals surface area (Å²) in [5.74, 6) is -0.386. The summed E-state index contributed by atoms with van der Waals surface area (Å²) in [6.07, 6.45) is 1.11. The number of ether oxygens (including phenoxy) is 1. The van der Waals surface area contributed by atoms with Crippen LogP contribution >= 0.6 is 0 Å². The van der Waals surface area contributed by atoms with Crippen molar-refractivity contribution >= 4 is 11.8 Å². The molecule has 2 amide bonds. The minimum atomic E-state index is -0.771. The van der Waals surface area contributed by atoms with E-state index in [1.807, 2.05) is 79.4 Å². The fourth-order valence-electron chi connectivity index (χ4n) is 5.16. The molecule has 3 aromatic rings. The van der Waals surface area contributed by atoms with Gasteiger partial charge >= 0.3 is 0 Å². The number of rotatable bonds is 5. The third-order valence-electron chi connectivity index (χ3n) is 6.60. The molecule has 0 saturated carbocycles. The highest BCUT2D eigenvalue weighted by molar-refractivity contribution is 5.97. The van der Waals surface area contributed by atoms with Crippen molar-refractivity contribution < 1.29 is 14.3 Å². The van der Waals surface area contributed by atoms with E-state index in [0.29, 0.717) is 12.0 Å². The molecule has 1 N–H and O–H groups in total. The molecule has 1 fully saturated rings. The summed E-state index contributed by atoms with van der Waals surface area (Å²) < 4.78 is 6.37. The van der Waals surface area contributed by atoms with Gasteiger partial charge in [-0.25, -0.2) is 0 Å². The molecule has 33 heavy (non-hydrogen) atoms. The van der Waals surface area contributed by atoms with Crippen LogP contribution in [-0.4, -0.2) is 34.6 Å². The topological polar surface area (TPSA) is 58.6 Å².